The summed E-state index contributed by atoms with van der Waals surface area (Å²) in [6.45, 7) is 6.43. The number of benzene rings is 2. The maximum absolute atomic E-state index is 12.9. The summed E-state index contributed by atoms with van der Waals surface area (Å²) in [4.78, 5) is 0.250. The predicted molar refractivity (Wildman–Crippen MR) is 98.6 cm³/mol. The highest BCUT2D eigenvalue weighted by atomic mass is 32.2. The van der Waals surface area contributed by atoms with E-state index in [0.29, 0.717) is 36.0 Å². The molecule has 0 spiro atoms. The van der Waals surface area contributed by atoms with E-state index in [1.54, 1.807) is 39.2 Å². The molecule has 6 nitrogen and oxygen atoms in total. The molecule has 0 bridgehead atoms. The van der Waals surface area contributed by atoms with Crippen LogP contribution in [0.2, 0.25) is 0 Å². The SMILES string of the molecule is COc1ccc(S(=O)(=O)NC(C)c2ccc3c(c2)OCCO3)c(C)c1C. The molecule has 3 rings (SSSR count). The molecule has 0 saturated carbocycles. The van der Waals surface area contributed by atoms with Gasteiger partial charge in [-0.1, -0.05) is 6.07 Å². The third-order valence-corrected chi connectivity index (χ3v) is 6.28. The second kappa shape index (κ2) is 7.17. The second-order valence-corrected chi connectivity index (χ2v) is 7.94. The molecule has 1 atom stereocenters. The van der Waals surface area contributed by atoms with E-state index in [4.69, 9.17) is 14.2 Å². The van der Waals surface area contributed by atoms with Crippen molar-refractivity contribution in [2.24, 2.45) is 0 Å². The van der Waals surface area contributed by atoms with Gasteiger partial charge in [0.2, 0.25) is 10.0 Å². The lowest BCUT2D eigenvalue weighted by Gasteiger charge is -2.21. The molecule has 0 radical (unpaired) electrons. The van der Waals surface area contributed by atoms with Crippen LogP contribution in [0.4, 0.5) is 0 Å². The molecule has 2 aromatic carbocycles. The number of hydrogen-bond acceptors (Lipinski definition) is 5. The van der Waals surface area contributed by atoms with Crippen LogP contribution < -0.4 is 18.9 Å². The van der Waals surface area contributed by atoms with Crippen molar-refractivity contribution in [3.8, 4) is 17.2 Å². The van der Waals surface area contributed by atoms with Crippen LogP contribution in [0.15, 0.2) is 35.2 Å². The van der Waals surface area contributed by atoms with Gasteiger partial charge < -0.3 is 14.2 Å². The first-order chi connectivity index (χ1) is 12.3. The Kier molecular flexibility index (Phi) is 5.11. The van der Waals surface area contributed by atoms with Gasteiger partial charge in [0.05, 0.1) is 12.0 Å². The van der Waals surface area contributed by atoms with E-state index in [1.807, 2.05) is 19.1 Å². The number of nitrogens with one attached hydrogen (secondary N) is 1. The average molecular weight is 377 g/mol. The van der Waals surface area contributed by atoms with Gasteiger partial charge in [-0.15, -0.1) is 0 Å². The topological polar surface area (TPSA) is 73.9 Å². The average Bonchev–Trinajstić information content (AvgIpc) is 2.62. The normalized spacial score (nSPS) is 14.8. The van der Waals surface area contributed by atoms with Crippen LogP contribution >= 0.6 is 0 Å². The van der Waals surface area contributed by atoms with Crippen molar-refractivity contribution in [2.75, 3.05) is 20.3 Å². The minimum absolute atomic E-state index is 0.250. The Hall–Kier alpha value is -2.25. The van der Waals surface area contributed by atoms with E-state index in [1.165, 1.54) is 0 Å². The van der Waals surface area contributed by atoms with Gasteiger partial charge >= 0.3 is 0 Å². The summed E-state index contributed by atoms with van der Waals surface area (Å²) in [5.41, 5.74) is 2.29. The summed E-state index contributed by atoms with van der Waals surface area (Å²) in [5.74, 6) is 1.98. The van der Waals surface area contributed by atoms with E-state index < -0.39 is 16.1 Å². The summed E-state index contributed by atoms with van der Waals surface area (Å²) in [6.07, 6.45) is 0. The van der Waals surface area contributed by atoms with Gasteiger partial charge in [-0.3, -0.25) is 0 Å². The monoisotopic (exact) mass is 377 g/mol. The van der Waals surface area contributed by atoms with Crippen molar-refractivity contribution in [3.63, 3.8) is 0 Å². The molecule has 1 aliphatic heterocycles. The van der Waals surface area contributed by atoms with Gasteiger partial charge in [-0.25, -0.2) is 13.1 Å². The maximum Gasteiger partial charge on any atom is 0.241 e. The predicted octanol–water partition coefficient (Wildman–Crippen LogP) is 3.12. The molecule has 0 amide bonds. The van der Waals surface area contributed by atoms with Crippen LogP contribution in [0, 0.1) is 13.8 Å². The largest absolute Gasteiger partial charge is 0.496 e. The van der Waals surface area contributed by atoms with E-state index >= 15 is 0 Å². The van der Waals surface area contributed by atoms with Crippen LogP contribution in [0.1, 0.15) is 29.7 Å². The first-order valence-corrected chi connectivity index (χ1v) is 9.88. The van der Waals surface area contributed by atoms with E-state index in [2.05, 4.69) is 4.72 Å². The molecule has 2 aromatic rings. The van der Waals surface area contributed by atoms with Crippen molar-refractivity contribution < 1.29 is 22.6 Å². The Morgan fingerprint density at radius 1 is 1.04 bits per heavy atom. The maximum atomic E-state index is 12.9. The first kappa shape index (κ1) is 18.5. The summed E-state index contributed by atoms with van der Waals surface area (Å²) in [7, 11) is -2.12. The molecule has 0 aromatic heterocycles. The molecule has 7 heteroatoms. The molecule has 0 fully saturated rings. The van der Waals surface area contributed by atoms with Crippen molar-refractivity contribution in [2.45, 2.75) is 31.7 Å². The summed E-state index contributed by atoms with van der Waals surface area (Å²) >= 11 is 0. The standard InChI is InChI=1S/C19H23NO5S/c1-12-13(2)19(8-7-16(12)23-4)26(21,22)20-14(3)15-5-6-17-18(11-15)25-10-9-24-17/h5-8,11,14,20H,9-10H2,1-4H3. The number of ether oxygens (including phenoxy) is 3. The third-order valence-electron chi connectivity index (χ3n) is 4.60. The quantitative estimate of drug-likeness (QED) is 0.867. The Morgan fingerprint density at radius 2 is 1.73 bits per heavy atom. The summed E-state index contributed by atoms with van der Waals surface area (Å²) < 4.78 is 44.8. The molecule has 0 aliphatic carbocycles. The van der Waals surface area contributed by atoms with Crippen LogP contribution in [-0.2, 0) is 10.0 Å². The third kappa shape index (κ3) is 3.50. The molecule has 1 heterocycles. The van der Waals surface area contributed by atoms with Crippen LogP contribution in [-0.4, -0.2) is 28.7 Å². The molecule has 26 heavy (non-hydrogen) atoms. The van der Waals surface area contributed by atoms with Crippen molar-refractivity contribution in [1.29, 1.82) is 0 Å². The van der Waals surface area contributed by atoms with Gasteiger partial charge in [0, 0.05) is 6.04 Å². The highest BCUT2D eigenvalue weighted by Crippen LogP contribution is 2.33. The number of fused-ring (bicyclic) bond motifs is 1. The van der Waals surface area contributed by atoms with Crippen LogP contribution in [0.25, 0.3) is 0 Å². The Labute approximate surface area is 154 Å². The Balaban J connectivity index is 1.87. The summed E-state index contributed by atoms with van der Waals surface area (Å²) in [6, 6.07) is 8.28. The number of rotatable bonds is 5. The van der Waals surface area contributed by atoms with Crippen molar-refractivity contribution in [1.82, 2.24) is 4.72 Å². The van der Waals surface area contributed by atoms with Crippen LogP contribution in [0.3, 0.4) is 0 Å². The van der Waals surface area contributed by atoms with Gasteiger partial charge in [0.1, 0.15) is 19.0 Å². The lowest BCUT2D eigenvalue weighted by Crippen LogP contribution is -2.28. The molecule has 1 aliphatic rings. The smallest absolute Gasteiger partial charge is 0.241 e. The lowest BCUT2D eigenvalue weighted by molar-refractivity contribution is 0.171. The van der Waals surface area contributed by atoms with E-state index in [0.717, 1.165) is 11.1 Å². The highest BCUT2D eigenvalue weighted by molar-refractivity contribution is 7.89. The fourth-order valence-corrected chi connectivity index (χ4v) is 4.51. The van der Waals surface area contributed by atoms with Gasteiger partial charge in [0.15, 0.2) is 11.5 Å². The number of methoxy groups -OCH3 is 1. The zero-order valence-corrected chi connectivity index (χ0v) is 16.1. The molecule has 0 saturated heterocycles. The Bertz CT molecular complexity index is 924. The molecule has 1 N–H and O–H groups in total. The molecule has 140 valence electrons. The van der Waals surface area contributed by atoms with E-state index in [-0.39, 0.29) is 4.90 Å². The number of sulfonamides is 1. The number of hydrogen-bond donors (Lipinski definition) is 1. The van der Waals surface area contributed by atoms with Gasteiger partial charge in [0.25, 0.3) is 0 Å². The lowest BCUT2D eigenvalue weighted by atomic mass is 10.1. The molecule has 1 unspecified atom stereocenters. The van der Waals surface area contributed by atoms with Gasteiger partial charge in [-0.2, -0.15) is 0 Å². The van der Waals surface area contributed by atoms with Crippen molar-refractivity contribution in [3.05, 3.63) is 47.0 Å². The molecular weight excluding hydrogens is 354 g/mol. The fourth-order valence-electron chi connectivity index (χ4n) is 2.98. The summed E-state index contributed by atoms with van der Waals surface area (Å²) in [5, 5.41) is 0. The van der Waals surface area contributed by atoms with Gasteiger partial charge in [-0.05, 0) is 61.7 Å². The second-order valence-electron chi connectivity index (χ2n) is 6.26. The highest BCUT2D eigenvalue weighted by Gasteiger charge is 2.23. The van der Waals surface area contributed by atoms with E-state index in [9.17, 15) is 8.42 Å². The fraction of sp³-hybridized carbons (Fsp3) is 0.368. The minimum Gasteiger partial charge on any atom is -0.496 e. The van der Waals surface area contributed by atoms with Crippen LogP contribution in [0.5, 0.6) is 17.2 Å². The first-order valence-electron chi connectivity index (χ1n) is 8.39. The minimum atomic E-state index is -3.68. The Morgan fingerprint density at radius 3 is 2.42 bits per heavy atom. The molecular formula is C19H23NO5S. The zero-order chi connectivity index (χ0) is 18.9. The van der Waals surface area contributed by atoms with Crippen molar-refractivity contribution >= 4 is 10.0 Å². The zero-order valence-electron chi connectivity index (χ0n) is 15.3.